The number of aryl methyl sites for hydroxylation is 2. The minimum atomic E-state index is -0.0352. The molecule has 5 rings (SSSR count). The van der Waals surface area contributed by atoms with Crippen LogP contribution in [0.3, 0.4) is 0 Å². The number of hydrogen-bond acceptors (Lipinski definition) is 5. The number of nitrogens with zero attached hydrogens (tertiary/aromatic N) is 4. The molecular weight excluding hydrogens is 348 g/mol. The Morgan fingerprint density at radius 1 is 1.14 bits per heavy atom. The lowest BCUT2D eigenvalue weighted by Crippen LogP contribution is -2.43. The normalized spacial score (nSPS) is 24.0. The molecular formula is C23H24N4O. The molecule has 0 amide bonds. The molecule has 3 aliphatic rings. The van der Waals surface area contributed by atoms with Gasteiger partial charge in [0.05, 0.1) is 35.3 Å². The Morgan fingerprint density at radius 3 is 2.46 bits per heavy atom. The van der Waals surface area contributed by atoms with Crippen LogP contribution in [0.5, 0.6) is 5.75 Å². The summed E-state index contributed by atoms with van der Waals surface area (Å²) in [5, 5.41) is 16.6. The van der Waals surface area contributed by atoms with E-state index in [9.17, 15) is 5.26 Å². The van der Waals surface area contributed by atoms with Crippen molar-refractivity contribution in [3.05, 3.63) is 53.3 Å². The monoisotopic (exact) mass is 372 g/mol. The van der Waals surface area contributed by atoms with Crippen LogP contribution in [-0.4, -0.2) is 22.8 Å². The first-order chi connectivity index (χ1) is 13.7. The second-order valence-corrected chi connectivity index (χ2v) is 8.27. The maximum atomic E-state index is 9.36. The summed E-state index contributed by atoms with van der Waals surface area (Å²) in [6.07, 6.45) is 8.49. The molecule has 2 heterocycles. The molecule has 1 aliphatic heterocycles. The molecule has 0 radical (unpaired) electrons. The molecule has 0 spiro atoms. The first-order valence-corrected chi connectivity index (χ1v) is 10.1. The van der Waals surface area contributed by atoms with E-state index in [0.29, 0.717) is 11.8 Å². The third kappa shape index (κ3) is 3.03. The van der Waals surface area contributed by atoms with Crippen LogP contribution in [0.4, 0.5) is 5.69 Å². The van der Waals surface area contributed by atoms with Crippen molar-refractivity contribution in [2.24, 2.45) is 16.9 Å². The fourth-order valence-electron chi connectivity index (χ4n) is 4.29. The van der Waals surface area contributed by atoms with E-state index in [-0.39, 0.29) is 12.1 Å². The molecule has 2 aliphatic carbocycles. The van der Waals surface area contributed by atoms with Crippen LogP contribution in [0.25, 0.3) is 0 Å². The highest BCUT2D eigenvalue weighted by Gasteiger charge is 2.51. The molecule has 5 nitrogen and oxygen atoms in total. The average molecular weight is 372 g/mol. The molecule has 2 fully saturated rings. The lowest BCUT2D eigenvalue weighted by Gasteiger charge is -2.28. The van der Waals surface area contributed by atoms with E-state index in [1.165, 1.54) is 31.4 Å². The van der Waals surface area contributed by atoms with Crippen molar-refractivity contribution in [2.45, 2.75) is 51.7 Å². The van der Waals surface area contributed by atoms with Crippen LogP contribution in [0.2, 0.25) is 0 Å². The molecule has 2 saturated carbocycles. The molecule has 0 saturated heterocycles. The average Bonchev–Trinajstić information content (AvgIpc) is 3.61. The van der Waals surface area contributed by atoms with Crippen molar-refractivity contribution in [2.75, 3.05) is 5.01 Å². The maximum absolute atomic E-state index is 9.36. The van der Waals surface area contributed by atoms with Crippen molar-refractivity contribution >= 4 is 11.4 Å². The van der Waals surface area contributed by atoms with E-state index >= 15 is 0 Å². The fourth-order valence-corrected chi connectivity index (χ4v) is 4.29. The molecule has 2 aromatic rings. The van der Waals surface area contributed by atoms with Crippen LogP contribution in [-0.2, 0) is 0 Å². The van der Waals surface area contributed by atoms with E-state index in [1.54, 1.807) is 6.20 Å². The number of ether oxygens (including phenoxy) is 1. The Hall–Kier alpha value is -2.87. The lowest BCUT2D eigenvalue weighted by molar-refractivity contribution is 0.226. The van der Waals surface area contributed by atoms with E-state index < -0.39 is 0 Å². The first-order valence-electron chi connectivity index (χ1n) is 10.1. The smallest absolute Gasteiger partial charge is 0.161 e. The third-order valence-electron chi connectivity index (χ3n) is 6.00. The van der Waals surface area contributed by atoms with E-state index in [1.807, 2.05) is 38.2 Å². The number of hydrogen-bond donors (Lipinski definition) is 0. The van der Waals surface area contributed by atoms with E-state index in [2.05, 4.69) is 22.1 Å². The molecule has 142 valence electrons. The van der Waals surface area contributed by atoms with Gasteiger partial charge in [-0.3, -0.25) is 9.99 Å². The minimum Gasteiger partial charge on any atom is -0.482 e. The van der Waals surface area contributed by atoms with Gasteiger partial charge in [-0.2, -0.15) is 10.4 Å². The maximum Gasteiger partial charge on any atom is 0.161 e. The SMILES string of the molecule is Cc1cc(OC2C(C3CC3)=NN(c3cccnc3)C2C2CC2)cc(C)c1C#N. The highest BCUT2D eigenvalue weighted by Crippen LogP contribution is 2.46. The zero-order chi connectivity index (χ0) is 19.3. The Balaban J connectivity index is 1.50. The quantitative estimate of drug-likeness (QED) is 0.781. The van der Waals surface area contributed by atoms with Gasteiger partial charge in [-0.25, -0.2) is 0 Å². The third-order valence-corrected chi connectivity index (χ3v) is 6.00. The minimum absolute atomic E-state index is 0.0352. The van der Waals surface area contributed by atoms with Crippen LogP contribution in [0.1, 0.15) is 42.4 Å². The number of nitriles is 1. The van der Waals surface area contributed by atoms with Crippen LogP contribution < -0.4 is 9.75 Å². The van der Waals surface area contributed by atoms with Gasteiger partial charge in [0.25, 0.3) is 0 Å². The van der Waals surface area contributed by atoms with Gasteiger partial charge in [0.1, 0.15) is 5.75 Å². The van der Waals surface area contributed by atoms with Gasteiger partial charge < -0.3 is 4.74 Å². The van der Waals surface area contributed by atoms with Gasteiger partial charge in [0.2, 0.25) is 0 Å². The van der Waals surface area contributed by atoms with Gasteiger partial charge in [0, 0.05) is 12.1 Å². The zero-order valence-corrected chi connectivity index (χ0v) is 16.3. The molecule has 2 atom stereocenters. The van der Waals surface area contributed by atoms with E-state index in [4.69, 9.17) is 9.84 Å². The molecule has 1 aromatic heterocycles. The summed E-state index contributed by atoms with van der Waals surface area (Å²) >= 11 is 0. The van der Waals surface area contributed by atoms with Crippen molar-refractivity contribution in [1.82, 2.24) is 4.98 Å². The van der Waals surface area contributed by atoms with Gasteiger partial charge in [-0.15, -0.1) is 0 Å². The van der Waals surface area contributed by atoms with Crippen molar-refractivity contribution < 1.29 is 4.74 Å². The Morgan fingerprint density at radius 2 is 1.89 bits per heavy atom. The summed E-state index contributed by atoms with van der Waals surface area (Å²) < 4.78 is 6.61. The summed E-state index contributed by atoms with van der Waals surface area (Å²) in [6, 6.07) is 10.5. The highest BCUT2D eigenvalue weighted by atomic mass is 16.5. The Labute approximate surface area is 165 Å². The number of pyridine rings is 1. The van der Waals surface area contributed by atoms with Crippen molar-refractivity contribution in [1.29, 1.82) is 5.26 Å². The molecule has 0 bridgehead atoms. The second kappa shape index (κ2) is 6.63. The number of aromatic nitrogens is 1. The summed E-state index contributed by atoms with van der Waals surface area (Å²) in [7, 11) is 0. The predicted octanol–water partition coefficient (Wildman–Crippen LogP) is 4.38. The molecule has 28 heavy (non-hydrogen) atoms. The zero-order valence-electron chi connectivity index (χ0n) is 16.3. The number of benzene rings is 1. The molecule has 0 N–H and O–H groups in total. The predicted molar refractivity (Wildman–Crippen MR) is 108 cm³/mol. The largest absolute Gasteiger partial charge is 0.482 e. The summed E-state index contributed by atoms with van der Waals surface area (Å²) in [4.78, 5) is 4.30. The Kier molecular flexibility index (Phi) is 4.08. The van der Waals surface area contributed by atoms with Crippen LogP contribution >= 0.6 is 0 Å². The van der Waals surface area contributed by atoms with Gasteiger partial charge in [-0.05, 0) is 80.8 Å². The number of hydrazone groups is 1. The summed E-state index contributed by atoms with van der Waals surface area (Å²) in [5.41, 5.74) is 4.89. The number of rotatable bonds is 5. The first kappa shape index (κ1) is 17.2. The summed E-state index contributed by atoms with van der Waals surface area (Å²) in [5.74, 6) is 1.98. The lowest BCUT2D eigenvalue weighted by atomic mass is 9.99. The van der Waals surface area contributed by atoms with Gasteiger partial charge >= 0.3 is 0 Å². The Bertz CT molecular complexity index is 947. The fraction of sp³-hybridized carbons (Fsp3) is 0.435. The topological polar surface area (TPSA) is 61.5 Å². The van der Waals surface area contributed by atoms with Crippen molar-refractivity contribution in [3.8, 4) is 11.8 Å². The second-order valence-electron chi connectivity index (χ2n) is 8.27. The molecule has 2 unspecified atom stereocenters. The molecule has 5 heteroatoms. The van der Waals surface area contributed by atoms with E-state index in [0.717, 1.165) is 28.1 Å². The van der Waals surface area contributed by atoms with Gasteiger partial charge in [0.15, 0.2) is 6.10 Å². The van der Waals surface area contributed by atoms with Gasteiger partial charge in [-0.1, -0.05) is 0 Å². The van der Waals surface area contributed by atoms with Crippen LogP contribution in [0.15, 0.2) is 41.8 Å². The molecule has 1 aromatic carbocycles. The van der Waals surface area contributed by atoms with Crippen LogP contribution in [0, 0.1) is 37.0 Å². The standard InChI is InChI=1S/C23H24N4O/c1-14-10-19(11-15(2)20(14)12-24)28-23-21(16-5-6-16)26-27(22(23)17-7-8-17)18-4-3-9-25-13-18/h3-4,9-11,13,16-17,22-23H,5-8H2,1-2H3. The van der Waals surface area contributed by atoms with Crippen molar-refractivity contribution in [3.63, 3.8) is 0 Å². The highest BCUT2D eigenvalue weighted by molar-refractivity contribution is 5.97. The number of anilines is 1. The summed E-state index contributed by atoms with van der Waals surface area (Å²) in [6.45, 7) is 3.95.